The third kappa shape index (κ3) is 2.57. The molecule has 86 valence electrons. The van der Waals surface area contributed by atoms with Gasteiger partial charge in [0.2, 0.25) is 0 Å². The molecule has 0 atom stereocenters. The molecule has 0 saturated carbocycles. The Morgan fingerprint density at radius 1 is 1.12 bits per heavy atom. The minimum absolute atomic E-state index is 0.515. The maximum atomic E-state index is 5.81. The number of azo groups is 1. The average molecular weight is 227 g/mol. The maximum Gasteiger partial charge on any atom is 0.109 e. The molecule has 1 heterocycles. The van der Waals surface area contributed by atoms with E-state index in [1.54, 1.807) is 24.5 Å². The predicted octanol–water partition coefficient (Wildman–Crippen LogP) is 2.97. The highest BCUT2D eigenvalue weighted by Crippen LogP contribution is 2.28. The molecule has 17 heavy (non-hydrogen) atoms. The van der Waals surface area contributed by atoms with Crippen LogP contribution in [0.5, 0.6) is 0 Å². The van der Waals surface area contributed by atoms with Crippen molar-refractivity contribution in [2.45, 2.75) is 6.92 Å². The molecule has 0 saturated heterocycles. The molecular weight excluding hydrogens is 214 g/mol. The van der Waals surface area contributed by atoms with Crippen molar-refractivity contribution in [2.75, 3.05) is 11.5 Å². The number of anilines is 2. The first-order chi connectivity index (χ1) is 8.16. The van der Waals surface area contributed by atoms with Crippen molar-refractivity contribution in [2.24, 2.45) is 10.2 Å². The van der Waals surface area contributed by atoms with Gasteiger partial charge in [-0.05, 0) is 36.8 Å². The summed E-state index contributed by atoms with van der Waals surface area (Å²) in [6, 6.07) is 7.11. The lowest BCUT2D eigenvalue weighted by atomic mass is 10.1. The minimum atomic E-state index is 0.515. The van der Waals surface area contributed by atoms with Gasteiger partial charge in [0, 0.05) is 11.9 Å². The molecule has 0 radical (unpaired) electrons. The molecule has 4 N–H and O–H groups in total. The quantitative estimate of drug-likeness (QED) is 0.610. The Bertz CT molecular complexity index is 548. The van der Waals surface area contributed by atoms with Crippen LogP contribution in [-0.2, 0) is 0 Å². The SMILES string of the molecule is Cc1cc(N=Nc2cccnc2)c(N)cc1N. The van der Waals surface area contributed by atoms with E-state index in [2.05, 4.69) is 15.2 Å². The standard InChI is InChI=1S/C12H13N5/c1-8-5-12(11(14)6-10(8)13)17-16-9-3-2-4-15-7-9/h2-7H,13-14H2,1H3. The molecule has 0 spiro atoms. The van der Waals surface area contributed by atoms with E-state index in [0.29, 0.717) is 22.7 Å². The van der Waals surface area contributed by atoms with Gasteiger partial charge in [-0.25, -0.2) is 0 Å². The Labute approximate surface area is 99.2 Å². The normalized spacial score (nSPS) is 10.9. The second kappa shape index (κ2) is 4.61. The van der Waals surface area contributed by atoms with Gasteiger partial charge >= 0.3 is 0 Å². The van der Waals surface area contributed by atoms with Crippen LogP contribution in [0.1, 0.15) is 5.56 Å². The van der Waals surface area contributed by atoms with E-state index in [9.17, 15) is 0 Å². The van der Waals surface area contributed by atoms with Crippen LogP contribution in [0.3, 0.4) is 0 Å². The second-order valence-electron chi connectivity index (χ2n) is 3.68. The Morgan fingerprint density at radius 2 is 1.94 bits per heavy atom. The van der Waals surface area contributed by atoms with Crippen LogP contribution in [0, 0.1) is 6.92 Å². The van der Waals surface area contributed by atoms with E-state index < -0.39 is 0 Å². The van der Waals surface area contributed by atoms with E-state index in [1.807, 2.05) is 19.1 Å². The fourth-order valence-corrected chi connectivity index (χ4v) is 1.34. The molecule has 5 nitrogen and oxygen atoms in total. The summed E-state index contributed by atoms with van der Waals surface area (Å²) in [4.78, 5) is 3.95. The van der Waals surface area contributed by atoms with E-state index in [1.165, 1.54) is 0 Å². The zero-order chi connectivity index (χ0) is 12.3. The fourth-order valence-electron chi connectivity index (χ4n) is 1.34. The number of hydrogen-bond donors (Lipinski definition) is 2. The summed E-state index contributed by atoms with van der Waals surface area (Å²) in [5, 5.41) is 8.13. The summed E-state index contributed by atoms with van der Waals surface area (Å²) >= 11 is 0. The Balaban J connectivity index is 2.31. The molecular formula is C12H13N5. The largest absolute Gasteiger partial charge is 0.398 e. The molecule has 2 aromatic rings. The first-order valence-corrected chi connectivity index (χ1v) is 5.14. The van der Waals surface area contributed by atoms with Crippen molar-refractivity contribution in [1.82, 2.24) is 4.98 Å². The molecule has 5 heteroatoms. The molecule has 2 rings (SSSR count). The smallest absolute Gasteiger partial charge is 0.109 e. The maximum absolute atomic E-state index is 5.81. The summed E-state index contributed by atoms with van der Waals surface area (Å²) in [6.07, 6.45) is 3.31. The summed E-state index contributed by atoms with van der Waals surface area (Å²) in [5.41, 5.74) is 14.9. The van der Waals surface area contributed by atoms with Gasteiger partial charge in [-0.1, -0.05) is 0 Å². The van der Waals surface area contributed by atoms with E-state index in [-0.39, 0.29) is 0 Å². The van der Waals surface area contributed by atoms with Crippen LogP contribution in [0.15, 0.2) is 46.9 Å². The number of pyridine rings is 1. The van der Waals surface area contributed by atoms with Crippen molar-refractivity contribution in [3.8, 4) is 0 Å². The number of nitrogens with zero attached hydrogens (tertiary/aromatic N) is 3. The zero-order valence-corrected chi connectivity index (χ0v) is 9.46. The number of aromatic nitrogens is 1. The van der Waals surface area contributed by atoms with Crippen LogP contribution in [0.4, 0.5) is 22.7 Å². The molecule has 0 aliphatic carbocycles. The lowest BCUT2D eigenvalue weighted by Gasteiger charge is -2.04. The van der Waals surface area contributed by atoms with E-state index in [4.69, 9.17) is 11.5 Å². The Hall–Kier alpha value is -2.43. The summed E-state index contributed by atoms with van der Waals surface area (Å²) in [6.45, 7) is 1.90. The van der Waals surface area contributed by atoms with Crippen LogP contribution in [-0.4, -0.2) is 4.98 Å². The van der Waals surface area contributed by atoms with Crippen LogP contribution in [0.2, 0.25) is 0 Å². The molecule has 1 aromatic heterocycles. The highest BCUT2D eigenvalue weighted by atomic mass is 15.1. The first kappa shape index (κ1) is 11.1. The van der Waals surface area contributed by atoms with Gasteiger partial charge in [0.15, 0.2) is 0 Å². The monoisotopic (exact) mass is 227 g/mol. The molecule has 0 amide bonds. The molecule has 1 aromatic carbocycles. The number of hydrogen-bond acceptors (Lipinski definition) is 5. The summed E-state index contributed by atoms with van der Waals surface area (Å²) in [5.74, 6) is 0. The number of rotatable bonds is 2. The van der Waals surface area contributed by atoms with Gasteiger partial charge in [-0.3, -0.25) is 4.98 Å². The van der Waals surface area contributed by atoms with Gasteiger partial charge in [-0.15, -0.1) is 10.2 Å². The van der Waals surface area contributed by atoms with Crippen molar-refractivity contribution < 1.29 is 0 Å². The number of aryl methyl sites for hydroxylation is 1. The van der Waals surface area contributed by atoms with Gasteiger partial charge in [0.05, 0.1) is 11.9 Å². The first-order valence-electron chi connectivity index (χ1n) is 5.14. The van der Waals surface area contributed by atoms with E-state index >= 15 is 0 Å². The van der Waals surface area contributed by atoms with E-state index in [0.717, 1.165) is 5.56 Å². The van der Waals surface area contributed by atoms with Gasteiger partial charge in [-0.2, -0.15) is 0 Å². The number of benzene rings is 1. The summed E-state index contributed by atoms with van der Waals surface area (Å²) < 4.78 is 0. The molecule has 0 unspecified atom stereocenters. The van der Waals surface area contributed by atoms with Gasteiger partial charge < -0.3 is 11.5 Å². The Kier molecular flexibility index (Phi) is 3.00. The highest BCUT2D eigenvalue weighted by Gasteiger charge is 2.01. The van der Waals surface area contributed by atoms with Crippen molar-refractivity contribution in [3.05, 3.63) is 42.2 Å². The lowest BCUT2D eigenvalue weighted by Crippen LogP contribution is -1.93. The number of nitrogens with two attached hydrogens (primary N) is 2. The van der Waals surface area contributed by atoms with Gasteiger partial charge in [0.1, 0.15) is 11.4 Å². The van der Waals surface area contributed by atoms with Crippen LogP contribution in [0.25, 0.3) is 0 Å². The summed E-state index contributed by atoms with van der Waals surface area (Å²) in [7, 11) is 0. The fraction of sp³-hybridized carbons (Fsp3) is 0.0833. The molecule has 0 aliphatic rings. The second-order valence-corrected chi connectivity index (χ2v) is 3.68. The lowest BCUT2D eigenvalue weighted by molar-refractivity contribution is 1.20. The average Bonchev–Trinajstić information content (AvgIpc) is 2.33. The third-order valence-electron chi connectivity index (χ3n) is 2.33. The molecule has 0 aliphatic heterocycles. The third-order valence-corrected chi connectivity index (χ3v) is 2.33. The number of nitrogen functional groups attached to an aromatic ring is 2. The van der Waals surface area contributed by atoms with Crippen LogP contribution >= 0.6 is 0 Å². The van der Waals surface area contributed by atoms with Crippen LogP contribution < -0.4 is 11.5 Å². The molecule has 0 bridgehead atoms. The molecule has 0 fully saturated rings. The topological polar surface area (TPSA) is 89.6 Å². The van der Waals surface area contributed by atoms with Crippen molar-refractivity contribution in [3.63, 3.8) is 0 Å². The van der Waals surface area contributed by atoms with Crippen molar-refractivity contribution >= 4 is 22.7 Å². The highest BCUT2D eigenvalue weighted by molar-refractivity contribution is 5.70. The minimum Gasteiger partial charge on any atom is -0.398 e. The van der Waals surface area contributed by atoms with Crippen molar-refractivity contribution in [1.29, 1.82) is 0 Å². The predicted molar refractivity (Wildman–Crippen MR) is 68.4 cm³/mol. The Morgan fingerprint density at radius 3 is 2.65 bits per heavy atom. The van der Waals surface area contributed by atoms with Gasteiger partial charge in [0.25, 0.3) is 0 Å². The zero-order valence-electron chi connectivity index (χ0n) is 9.46.